The first-order valence-corrected chi connectivity index (χ1v) is 10.9. The Kier molecular flexibility index (Phi) is 8.18. The number of allylic oxidation sites excluding steroid dienone is 1. The van der Waals surface area contributed by atoms with Crippen molar-refractivity contribution in [3.05, 3.63) is 65.5 Å². The van der Waals surface area contributed by atoms with Gasteiger partial charge in [0.15, 0.2) is 0 Å². The smallest absolute Gasteiger partial charge is 0.217 e. The van der Waals surface area contributed by atoms with E-state index >= 15 is 0 Å². The zero-order valence-electron chi connectivity index (χ0n) is 19.2. The van der Waals surface area contributed by atoms with Gasteiger partial charge in [-0.25, -0.2) is 9.97 Å². The van der Waals surface area contributed by atoms with Gasteiger partial charge < -0.3 is 37.4 Å². The van der Waals surface area contributed by atoms with Crippen LogP contribution in [0.1, 0.15) is 24.7 Å². The lowest BCUT2D eigenvalue weighted by Crippen LogP contribution is -2.33. The molecule has 0 aliphatic carbocycles. The highest BCUT2D eigenvalue weighted by atomic mass is 16.3. The first-order chi connectivity index (χ1) is 16.3. The van der Waals surface area contributed by atoms with Gasteiger partial charge in [-0.1, -0.05) is 18.1 Å². The molecule has 10 nitrogen and oxygen atoms in total. The van der Waals surface area contributed by atoms with Gasteiger partial charge in [-0.15, -0.1) is 0 Å². The van der Waals surface area contributed by atoms with Gasteiger partial charge in [-0.2, -0.15) is 0 Å². The first kappa shape index (κ1) is 24.3. The number of carbonyl (C=O) groups is 1. The van der Waals surface area contributed by atoms with Crippen LogP contribution in [0.5, 0.6) is 5.75 Å². The molecule has 1 aromatic carbocycles. The molecule has 2 heterocycles. The Labute approximate surface area is 199 Å². The van der Waals surface area contributed by atoms with Crippen molar-refractivity contribution >= 4 is 17.4 Å². The van der Waals surface area contributed by atoms with Gasteiger partial charge in [-0.05, 0) is 36.6 Å². The summed E-state index contributed by atoms with van der Waals surface area (Å²) in [6.45, 7) is 4.51. The highest BCUT2D eigenvalue weighted by Crippen LogP contribution is 2.24. The number of anilines is 1. The summed E-state index contributed by atoms with van der Waals surface area (Å²) in [5.41, 5.74) is 19.8. The number of nitrogens with zero attached hydrogens (tertiary/aromatic N) is 4. The van der Waals surface area contributed by atoms with Crippen molar-refractivity contribution in [1.29, 1.82) is 0 Å². The minimum atomic E-state index is -0.137. The lowest BCUT2D eigenvalue weighted by Gasteiger charge is -2.26. The molecule has 0 atom stereocenters. The van der Waals surface area contributed by atoms with Crippen molar-refractivity contribution in [3.63, 3.8) is 0 Å². The Hall–Kier alpha value is -4.39. The van der Waals surface area contributed by atoms with E-state index in [2.05, 4.69) is 36.9 Å². The largest absolute Gasteiger partial charge is 0.507 e. The van der Waals surface area contributed by atoms with Crippen molar-refractivity contribution in [2.75, 3.05) is 37.6 Å². The molecule has 0 radical (unpaired) electrons. The van der Waals surface area contributed by atoms with Crippen molar-refractivity contribution in [1.82, 2.24) is 20.2 Å². The molecule has 1 aliphatic heterocycles. The summed E-state index contributed by atoms with van der Waals surface area (Å²) in [6, 6.07) is 8.70. The van der Waals surface area contributed by atoms with Gasteiger partial charge in [0.2, 0.25) is 11.7 Å². The molecule has 10 heteroatoms. The van der Waals surface area contributed by atoms with Crippen LogP contribution in [0.4, 0.5) is 5.82 Å². The molecule has 0 spiro atoms. The molecule has 3 rings (SSSR count). The number of benzene rings is 1. The fraction of sp³-hybridized carbons (Fsp3) is 0.292. The molecule has 34 heavy (non-hydrogen) atoms. The third-order valence-electron chi connectivity index (χ3n) is 5.23. The van der Waals surface area contributed by atoms with E-state index < -0.39 is 0 Å². The third kappa shape index (κ3) is 6.56. The van der Waals surface area contributed by atoms with E-state index in [-0.39, 0.29) is 24.0 Å². The highest BCUT2D eigenvalue weighted by Gasteiger charge is 2.19. The summed E-state index contributed by atoms with van der Waals surface area (Å²) < 4.78 is 0. The Morgan fingerprint density at radius 1 is 1.18 bits per heavy atom. The maximum absolute atomic E-state index is 10.9. The molecule has 1 aliphatic rings. The van der Waals surface area contributed by atoms with Gasteiger partial charge in [0.25, 0.3) is 0 Å². The molecule has 1 amide bonds. The summed E-state index contributed by atoms with van der Waals surface area (Å²) in [5, 5.41) is 12.7. The van der Waals surface area contributed by atoms with Crippen LogP contribution in [0.15, 0.2) is 54.1 Å². The zero-order chi connectivity index (χ0) is 24.5. The molecule has 1 saturated heterocycles. The Balaban J connectivity index is 1.72. The lowest BCUT2D eigenvalue weighted by molar-refractivity contribution is -0.118. The number of hydrogen-bond acceptors (Lipinski definition) is 9. The van der Waals surface area contributed by atoms with E-state index in [0.717, 1.165) is 25.3 Å². The minimum Gasteiger partial charge on any atom is -0.507 e. The average molecular weight is 463 g/mol. The number of para-hydroxylation sites is 1. The van der Waals surface area contributed by atoms with Crippen LogP contribution in [0, 0.1) is 11.8 Å². The molecule has 0 unspecified atom stereocenters. The van der Waals surface area contributed by atoms with E-state index in [1.54, 1.807) is 36.5 Å². The second-order valence-corrected chi connectivity index (χ2v) is 7.74. The molecular formula is C24H30N8O2. The van der Waals surface area contributed by atoms with Crippen molar-refractivity contribution in [2.45, 2.75) is 13.3 Å². The Bertz CT molecular complexity index is 1140. The maximum Gasteiger partial charge on any atom is 0.217 e. The van der Waals surface area contributed by atoms with Crippen molar-refractivity contribution in [2.24, 2.45) is 17.2 Å². The topological polar surface area (TPSA) is 160 Å². The first-order valence-electron chi connectivity index (χ1n) is 10.9. The number of aromatic nitrogens is 2. The summed E-state index contributed by atoms with van der Waals surface area (Å²) in [5.74, 6) is 7.00. The quantitative estimate of drug-likeness (QED) is 0.310. The fourth-order valence-corrected chi connectivity index (χ4v) is 3.56. The summed E-state index contributed by atoms with van der Waals surface area (Å²) >= 11 is 0. The monoisotopic (exact) mass is 462 g/mol. The number of nitrogens with one attached hydrogen (secondary N) is 1. The summed E-state index contributed by atoms with van der Waals surface area (Å²) in [6.07, 6.45) is 4.22. The van der Waals surface area contributed by atoms with Crippen LogP contribution in [0.2, 0.25) is 0 Å². The van der Waals surface area contributed by atoms with Crippen LogP contribution in [-0.4, -0.2) is 58.6 Å². The molecule has 2 aromatic rings. The Morgan fingerprint density at radius 2 is 1.97 bits per heavy atom. The van der Waals surface area contributed by atoms with Crippen molar-refractivity contribution in [3.8, 4) is 17.6 Å². The van der Waals surface area contributed by atoms with Gasteiger partial charge in [-0.3, -0.25) is 4.79 Å². The molecule has 1 aromatic heterocycles. The van der Waals surface area contributed by atoms with Crippen molar-refractivity contribution < 1.29 is 9.90 Å². The van der Waals surface area contributed by atoms with E-state index in [0.29, 0.717) is 35.9 Å². The number of nitrogens with two attached hydrogens (primary N) is 3. The van der Waals surface area contributed by atoms with E-state index in [4.69, 9.17) is 17.2 Å². The van der Waals surface area contributed by atoms with Crippen LogP contribution in [0.25, 0.3) is 5.70 Å². The normalized spacial score (nSPS) is 14.0. The Morgan fingerprint density at radius 3 is 2.71 bits per heavy atom. The number of carbonyl (C=O) groups excluding carboxylic acids is 1. The minimum absolute atomic E-state index is 0.0907. The number of rotatable bonds is 5. The predicted molar refractivity (Wildman–Crippen MR) is 132 cm³/mol. The second-order valence-electron chi connectivity index (χ2n) is 7.74. The van der Waals surface area contributed by atoms with Crippen LogP contribution in [0.3, 0.4) is 0 Å². The standard InChI is InChI=1S/C24H30N8O2/c1-17(33)28-10-4-8-22-29-11-9-23(30-22)32-13-5-12-31(14-15-32)20(24(26)27)16-19(25)18-6-2-3-7-21(18)34/h2-3,6-7,9,11,16,34H,5,10,12-15,25-27H2,1H3,(H,28,33)/b19-16-. The number of hydrogen-bond donors (Lipinski definition) is 5. The second kappa shape index (κ2) is 11.5. The number of phenolic OH excluding ortho intramolecular Hbond substituents is 1. The number of amides is 1. The summed E-state index contributed by atoms with van der Waals surface area (Å²) in [4.78, 5) is 23.9. The van der Waals surface area contributed by atoms with Crippen LogP contribution >= 0.6 is 0 Å². The molecule has 0 bridgehead atoms. The predicted octanol–water partition coefficient (Wildman–Crippen LogP) is 0.268. The van der Waals surface area contributed by atoms with E-state index in [9.17, 15) is 9.90 Å². The molecule has 8 N–H and O–H groups in total. The van der Waals surface area contributed by atoms with Gasteiger partial charge in [0.1, 0.15) is 17.4 Å². The van der Waals surface area contributed by atoms with Crippen LogP contribution < -0.4 is 27.4 Å². The average Bonchev–Trinajstić information content (AvgIpc) is 3.06. The number of aromatic hydroxyl groups is 1. The van der Waals surface area contributed by atoms with Crippen LogP contribution in [-0.2, 0) is 4.79 Å². The molecule has 178 valence electrons. The van der Waals surface area contributed by atoms with E-state index in [1.807, 2.05) is 6.07 Å². The molecule has 1 fully saturated rings. The maximum atomic E-state index is 10.9. The zero-order valence-corrected chi connectivity index (χ0v) is 19.2. The summed E-state index contributed by atoms with van der Waals surface area (Å²) in [7, 11) is 0. The van der Waals surface area contributed by atoms with E-state index in [1.165, 1.54) is 6.92 Å². The SMILES string of the molecule is CC(=O)NCC#Cc1nccc(N2CCCN(C(/C=C(\N)c3ccccc3O)=C(N)N)CC2)n1. The third-order valence-corrected chi connectivity index (χ3v) is 5.23. The van der Waals surface area contributed by atoms with Gasteiger partial charge in [0.05, 0.1) is 12.2 Å². The molecular weight excluding hydrogens is 432 g/mol. The van der Waals surface area contributed by atoms with Gasteiger partial charge >= 0.3 is 0 Å². The number of phenols is 1. The lowest BCUT2D eigenvalue weighted by atomic mass is 10.1. The molecule has 0 saturated carbocycles. The highest BCUT2D eigenvalue weighted by molar-refractivity contribution is 5.73. The van der Waals surface area contributed by atoms with Gasteiger partial charge in [0, 0.05) is 50.6 Å². The fourth-order valence-electron chi connectivity index (χ4n) is 3.56.